The van der Waals surface area contributed by atoms with Crippen molar-refractivity contribution in [3.63, 3.8) is 0 Å². The van der Waals surface area contributed by atoms with Crippen molar-refractivity contribution < 1.29 is 0 Å². The van der Waals surface area contributed by atoms with Crippen LogP contribution in [0.5, 0.6) is 0 Å². The van der Waals surface area contributed by atoms with Gasteiger partial charge in [-0.25, -0.2) is 4.98 Å². The second-order valence-corrected chi connectivity index (χ2v) is 4.52. The smallest absolute Gasteiger partial charge is 0.226 e. The monoisotopic (exact) mass is 257 g/mol. The number of hydrogen-bond donors (Lipinski definition) is 2. The summed E-state index contributed by atoms with van der Waals surface area (Å²) in [5.41, 5.74) is 8.92. The molecule has 1 aromatic heterocycles. The fourth-order valence-corrected chi connectivity index (χ4v) is 1.91. The molecule has 5 heteroatoms. The number of nitrogens with one attached hydrogen (secondary N) is 1. The van der Waals surface area contributed by atoms with Gasteiger partial charge in [0.05, 0.1) is 0 Å². The van der Waals surface area contributed by atoms with Gasteiger partial charge < -0.3 is 11.1 Å². The number of nitrogens with two attached hydrogens (primary N) is 1. The number of nitrogens with zero attached hydrogens (tertiary/aromatic N) is 3. The quantitative estimate of drug-likeness (QED) is 0.820. The van der Waals surface area contributed by atoms with Gasteiger partial charge in [-0.1, -0.05) is 6.07 Å². The molecule has 1 aromatic carbocycles. The molecule has 5 nitrogen and oxygen atoms in total. The third kappa shape index (κ3) is 3.40. The number of anilines is 2. The van der Waals surface area contributed by atoms with E-state index in [1.165, 1.54) is 5.56 Å². The summed E-state index contributed by atoms with van der Waals surface area (Å²) in [6.07, 6.45) is 0.665. The minimum absolute atomic E-state index is 0.631. The molecule has 19 heavy (non-hydrogen) atoms. The Labute approximate surface area is 113 Å². The summed E-state index contributed by atoms with van der Waals surface area (Å²) in [5, 5.41) is 3.11. The van der Waals surface area contributed by atoms with Crippen LogP contribution in [0.4, 0.5) is 11.6 Å². The van der Waals surface area contributed by atoms with E-state index < -0.39 is 0 Å². The molecule has 2 aromatic rings. The van der Waals surface area contributed by atoms with Crippen molar-refractivity contribution in [1.29, 1.82) is 0 Å². The normalized spacial score (nSPS) is 10.5. The predicted molar refractivity (Wildman–Crippen MR) is 77.1 cm³/mol. The lowest BCUT2D eigenvalue weighted by atomic mass is 10.0. The van der Waals surface area contributed by atoms with Crippen LogP contribution >= 0.6 is 0 Å². The third-order valence-corrected chi connectivity index (χ3v) is 2.85. The Hall–Kier alpha value is -2.17. The molecule has 0 amide bonds. The van der Waals surface area contributed by atoms with Crippen LogP contribution in [0, 0.1) is 13.8 Å². The molecule has 0 saturated carbocycles. The second kappa shape index (κ2) is 5.65. The SMILES string of the molecule is CCNc1nc(C)nc(Cc2cc(N)ccc2C)n1. The standard InChI is InChI=1S/C14H19N5/c1-4-16-14-18-10(3)17-13(19-14)8-11-7-12(15)6-5-9(11)2/h5-7H,4,8,15H2,1-3H3,(H,16,17,18,19). The first-order valence-electron chi connectivity index (χ1n) is 6.39. The average molecular weight is 257 g/mol. The van der Waals surface area contributed by atoms with Gasteiger partial charge in [0.2, 0.25) is 5.95 Å². The van der Waals surface area contributed by atoms with Gasteiger partial charge in [-0.2, -0.15) is 9.97 Å². The zero-order valence-corrected chi connectivity index (χ0v) is 11.6. The van der Waals surface area contributed by atoms with Crippen molar-refractivity contribution in [3.8, 4) is 0 Å². The predicted octanol–water partition coefficient (Wildman–Crippen LogP) is 2.09. The Kier molecular flexibility index (Phi) is 3.94. The molecule has 0 radical (unpaired) electrons. The van der Waals surface area contributed by atoms with Crippen LogP contribution in [-0.2, 0) is 6.42 Å². The lowest BCUT2D eigenvalue weighted by Crippen LogP contribution is -2.09. The van der Waals surface area contributed by atoms with Gasteiger partial charge in [0, 0.05) is 18.7 Å². The molecule has 0 aliphatic rings. The van der Waals surface area contributed by atoms with Crippen molar-refractivity contribution in [3.05, 3.63) is 41.0 Å². The Balaban J connectivity index is 2.29. The summed E-state index contributed by atoms with van der Waals surface area (Å²) in [4.78, 5) is 13.0. The fraction of sp³-hybridized carbons (Fsp3) is 0.357. The Morgan fingerprint density at radius 3 is 2.68 bits per heavy atom. The Morgan fingerprint density at radius 2 is 1.95 bits per heavy atom. The van der Waals surface area contributed by atoms with Gasteiger partial charge >= 0.3 is 0 Å². The average Bonchev–Trinajstić information content (AvgIpc) is 2.33. The lowest BCUT2D eigenvalue weighted by molar-refractivity contribution is 0.874. The van der Waals surface area contributed by atoms with Crippen molar-refractivity contribution >= 4 is 11.6 Å². The van der Waals surface area contributed by atoms with E-state index in [4.69, 9.17) is 5.73 Å². The summed E-state index contributed by atoms with van der Waals surface area (Å²) in [7, 11) is 0. The zero-order chi connectivity index (χ0) is 13.8. The number of nitrogen functional groups attached to an aromatic ring is 1. The van der Waals surface area contributed by atoms with Gasteiger partial charge in [0.15, 0.2) is 0 Å². The maximum Gasteiger partial charge on any atom is 0.226 e. The van der Waals surface area contributed by atoms with Crippen molar-refractivity contribution in [2.75, 3.05) is 17.6 Å². The minimum atomic E-state index is 0.631. The highest BCUT2D eigenvalue weighted by Crippen LogP contribution is 2.16. The van der Waals surface area contributed by atoms with E-state index >= 15 is 0 Å². The van der Waals surface area contributed by atoms with Crippen LogP contribution < -0.4 is 11.1 Å². The first kappa shape index (κ1) is 13.3. The highest BCUT2D eigenvalue weighted by Gasteiger charge is 2.06. The number of aryl methyl sites for hydroxylation is 2. The van der Waals surface area contributed by atoms with E-state index in [9.17, 15) is 0 Å². The number of rotatable bonds is 4. The lowest BCUT2D eigenvalue weighted by Gasteiger charge is -2.08. The molecule has 0 aliphatic carbocycles. The highest BCUT2D eigenvalue weighted by atomic mass is 15.1. The van der Waals surface area contributed by atoms with Gasteiger partial charge in [-0.3, -0.25) is 0 Å². The van der Waals surface area contributed by atoms with Crippen LogP contribution in [0.2, 0.25) is 0 Å². The third-order valence-electron chi connectivity index (χ3n) is 2.85. The maximum absolute atomic E-state index is 5.82. The van der Waals surface area contributed by atoms with Crippen molar-refractivity contribution in [2.24, 2.45) is 0 Å². The van der Waals surface area contributed by atoms with E-state index in [2.05, 4.69) is 27.2 Å². The Morgan fingerprint density at radius 1 is 1.16 bits per heavy atom. The molecular formula is C14H19N5. The summed E-state index contributed by atoms with van der Waals surface area (Å²) in [5.74, 6) is 2.12. The second-order valence-electron chi connectivity index (χ2n) is 4.52. The zero-order valence-electron chi connectivity index (χ0n) is 11.6. The summed E-state index contributed by atoms with van der Waals surface area (Å²) >= 11 is 0. The van der Waals surface area contributed by atoms with Crippen LogP contribution in [0.15, 0.2) is 18.2 Å². The van der Waals surface area contributed by atoms with Crippen LogP contribution in [0.25, 0.3) is 0 Å². The molecule has 0 saturated heterocycles. The van der Waals surface area contributed by atoms with Gasteiger partial charge in [0.25, 0.3) is 0 Å². The molecule has 0 unspecified atom stereocenters. The first-order chi connectivity index (χ1) is 9.08. The summed E-state index contributed by atoms with van der Waals surface area (Å²) < 4.78 is 0. The molecule has 0 bridgehead atoms. The molecule has 0 spiro atoms. The molecule has 2 rings (SSSR count). The molecule has 1 heterocycles. The Bertz CT molecular complexity index is 580. The minimum Gasteiger partial charge on any atom is -0.399 e. The van der Waals surface area contributed by atoms with Crippen LogP contribution in [0.3, 0.4) is 0 Å². The van der Waals surface area contributed by atoms with Gasteiger partial charge in [-0.15, -0.1) is 0 Å². The molecular weight excluding hydrogens is 238 g/mol. The molecule has 0 atom stereocenters. The molecule has 0 aliphatic heterocycles. The van der Waals surface area contributed by atoms with Crippen LogP contribution in [0.1, 0.15) is 29.7 Å². The van der Waals surface area contributed by atoms with Crippen LogP contribution in [-0.4, -0.2) is 21.5 Å². The number of benzene rings is 1. The summed E-state index contributed by atoms with van der Waals surface area (Å²) in [6.45, 7) is 6.74. The summed E-state index contributed by atoms with van der Waals surface area (Å²) in [6, 6.07) is 5.90. The first-order valence-corrected chi connectivity index (χ1v) is 6.39. The molecule has 3 N–H and O–H groups in total. The molecule has 100 valence electrons. The highest BCUT2D eigenvalue weighted by molar-refractivity contribution is 5.45. The van der Waals surface area contributed by atoms with E-state index in [-0.39, 0.29) is 0 Å². The topological polar surface area (TPSA) is 76.7 Å². The van der Waals surface area contributed by atoms with Gasteiger partial charge in [-0.05, 0) is 44.0 Å². The number of aromatic nitrogens is 3. The van der Waals surface area contributed by atoms with E-state index in [1.807, 2.05) is 32.0 Å². The van der Waals surface area contributed by atoms with E-state index in [0.29, 0.717) is 12.4 Å². The largest absolute Gasteiger partial charge is 0.399 e. The molecule has 0 fully saturated rings. The fourth-order valence-electron chi connectivity index (χ4n) is 1.91. The van der Waals surface area contributed by atoms with Crippen molar-refractivity contribution in [1.82, 2.24) is 15.0 Å². The number of hydrogen-bond acceptors (Lipinski definition) is 5. The van der Waals surface area contributed by atoms with Gasteiger partial charge in [0.1, 0.15) is 11.6 Å². The van der Waals surface area contributed by atoms with Crippen molar-refractivity contribution in [2.45, 2.75) is 27.2 Å². The van der Waals surface area contributed by atoms with E-state index in [0.717, 1.165) is 29.4 Å². The van der Waals surface area contributed by atoms with E-state index in [1.54, 1.807) is 0 Å². The maximum atomic E-state index is 5.82.